The molecule has 18 heavy (non-hydrogen) atoms. The second-order valence-corrected chi connectivity index (χ2v) is 5.19. The van der Waals surface area contributed by atoms with Gasteiger partial charge in [-0.2, -0.15) is 0 Å². The van der Waals surface area contributed by atoms with Crippen LogP contribution in [0.2, 0.25) is 0 Å². The van der Waals surface area contributed by atoms with Crippen LogP contribution < -0.4 is 5.32 Å². The molecule has 1 heterocycles. The Hall–Kier alpha value is -0.540. The largest absolute Gasteiger partial charge is 0.469 e. The van der Waals surface area contributed by atoms with Gasteiger partial charge in [0, 0.05) is 6.92 Å². The molecule has 5 N–H and O–H groups in total. The quantitative estimate of drug-likeness (QED) is 0.363. The number of phosphoric acid groups is 1. The van der Waals surface area contributed by atoms with Gasteiger partial charge in [0.1, 0.15) is 18.3 Å². The summed E-state index contributed by atoms with van der Waals surface area (Å²) in [6.45, 7) is 0.602. The van der Waals surface area contributed by atoms with Crippen molar-refractivity contribution in [2.75, 3.05) is 13.2 Å². The van der Waals surface area contributed by atoms with Gasteiger partial charge in [0.2, 0.25) is 5.91 Å². The van der Waals surface area contributed by atoms with Crippen LogP contribution in [0.15, 0.2) is 0 Å². The highest BCUT2D eigenvalue weighted by molar-refractivity contribution is 7.46. The summed E-state index contributed by atoms with van der Waals surface area (Å²) in [6, 6.07) is -0.774. The zero-order chi connectivity index (χ0) is 13.9. The lowest BCUT2D eigenvalue weighted by atomic mass is 9.98. The Bertz CT molecular complexity index is 344. The van der Waals surface area contributed by atoms with Crippen LogP contribution >= 0.6 is 7.82 Å². The van der Waals surface area contributed by atoms with E-state index in [1.54, 1.807) is 0 Å². The molecule has 4 atom stereocenters. The van der Waals surface area contributed by atoms with Gasteiger partial charge in [-0.1, -0.05) is 0 Å². The van der Waals surface area contributed by atoms with Crippen LogP contribution in [0.25, 0.3) is 0 Å². The summed E-state index contributed by atoms with van der Waals surface area (Å²) in [7, 11) is -4.66. The number of hydrogen-bond acceptors (Lipinski definition) is 6. The first kappa shape index (κ1) is 15.5. The number of aliphatic hydroxyl groups excluding tert-OH is 2. The minimum atomic E-state index is -4.66. The van der Waals surface area contributed by atoms with Gasteiger partial charge < -0.3 is 30.1 Å². The molecule has 0 saturated carbocycles. The van der Waals surface area contributed by atoms with Crippen LogP contribution in [0.3, 0.4) is 0 Å². The molecule has 1 aliphatic rings. The molecule has 1 amide bonds. The molecule has 1 rings (SSSR count). The van der Waals surface area contributed by atoms with Crippen molar-refractivity contribution in [2.45, 2.75) is 31.3 Å². The van der Waals surface area contributed by atoms with Crippen LogP contribution in [-0.4, -0.2) is 63.5 Å². The SMILES string of the molecule is CC(=O)N[C@H]1CO[C@H](COP(=O)(O)O)[C@@H](O)[C@@H]1O. The highest BCUT2D eigenvalue weighted by Crippen LogP contribution is 2.36. The lowest BCUT2D eigenvalue weighted by molar-refractivity contribution is -0.163. The molecular weight excluding hydrogens is 269 g/mol. The molecule has 0 bridgehead atoms. The average Bonchev–Trinajstić information content (AvgIpc) is 2.22. The average molecular weight is 285 g/mol. The Balaban J connectivity index is 2.52. The van der Waals surface area contributed by atoms with E-state index in [4.69, 9.17) is 14.5 Å². The third-order valence-electron chi connectivity index (χ3n) is 2.43. The summed E-state index contributed by atoms with van der Waals surface area (Å²) in [5.74, 6) is -0.389. The molecule has 1 fully saturated rings. The summed E-state index contributed by atoms with van der Waals surface area (Å²) in [6.07, 6.45) is -3.78. The van der Waals surface area contributed by atoms with Gasteiger partial charge in [0.15, 0.2) is 0 Å². The zero-order valence-corrected chi connectivity index (χ0v) is 10.5. The monoisotopic (exact) mass is 285 g/mol. The van der Waals surface area contributed by atoms with Crippen LogP contribution in [0, 0.1) is 0 Å². The fourth-order valence-electron chi connectivity index (χ4n) is 1.59. The molecule has 1 aliphatic heterocycles. The Labute approximate surface area is 103 Å². The van der Waals surface area contributed by atoms with Crippen LogP contribution in [-0.2, 0) is 18.6 Å². The maximum absolute atomic E-state index is 10.8. The third-order valence-corrected chi connectivity index (χ3v) is 2.91. The summed E-state index contributed by atoms with van der Waals surface area (Å²) in [5.41, 5.74) is 0. The molecule has 9 nitrogen and oxygen atoms in total. The molecule has 0 radical (unpaired) electrons. The fraction of sp³-hybridized carbons (Fsp3) is 0.875. The van der Waals surface area contributed by atoms with Gasteiger partial charge in [-0.05, 0) is 0 Å². The van der Waals surface area contributed by atoms with Gasteiger partial charge in [-0.3, -0.25) is 9.32 Å². The summed E-state index contributed by atoms with van der Waals surface area (Å²) < 4.78 is 19.8. The van der Waals surface area contributed by atoms with Crippen molar-refractivity contribution in [1.29, 1.82) is 0 Å². The van der Waals surface area contributed by atoms with E-state index in [0.717, 1.165) is 0 Å². The van der Waals surface area contributed by atoms with Crippen molar-refractivity contribution in [3.63, 3.8) is 0 Å². The molecule has 0 aromatic carbocycles. The third kappa shape index (κ3) is 4.62. The van der Waals surface area contributed by atoms with E-state index in [1.807, 2.05) is 0 Å². The summed E-state index contributed by atoms with van der Waals surface area (Å²) in [5, 5.41) is 21.7. The molecule has 0 unspecified atom stereocenters. The predicted molar refractivity (Wildman–Crippen MR) is 57.4 cm³/mol. The molecule has 1 saturated heterocycles. The molecular formula is C8H16NO8P. The van der Waals surface area contributed by atoms with Crippen LogP contribution in [0.1, 0.15) is 6.92 Å². The Morgan fingerprint density at radius 3 is 2.56 bits per heavy atom. The van der Waals surface area contributed by atoms with E-state index in [9.17, 15) is 19.6 Å². The molecule has 10 heteroatoms. The van der Waals surface area contributed by atoms with Crippen molar-refractivity contribution in [1.82, 2.24) is 5.32 Å². The molecule has 0 aliphatic carbocycles. The predicted octanol–water partition coefficient (Wildman–Crippen LogP) is -2.28. The van der Waals surface area contributed by atoms with Crippen molar-refractivity contribution in [3.8, 4) is 0 Å². The van der Waals surface area contributed by atoms with E-state index in [-0.39, 0.29) is 12.5 Å². The second kappa shape index (κ2) is 6.07. The Morgan fingerprint density at radius 1 is 1.44 bits per heavy atom. The van der Waals surface area contributed by atoms with Crippen molar-refractivity contribution >= 4 is 13.7 Å². The van der Waals surface area contributed by atoms with Crippen molar-refractivity contribution < 1.29 is 38.6 Å². The highest BCUT2D eigenvalue weighted by Gasteiger charge is 2.39. The van der Waals surface area contributed by atoms with Gasteiger partial charge >= 0.3 is 7.82 Å². The van der Waals surface area contributed by atoms with E-state index in [2.05, 4.69) is 9.84 Å². The van der Waals surface area contributed by atoms with Gasteiger partial charge in [-0.15, -0.1) is 0 Å². The Kier molecular flexibility index (Phi) is 5.23. The number of phosphoric ester groups is 1. The molecule has 106 valence electrons. The summed E-state index contributed by atoms with van der Waals surface area (Å²) in [4.78, 5) is 27.8. The lowest BCUT2D eigenvalue weighted by Crippen LogP contribution is -2.59. The van der Waals surface area contributed by atoms with E-state index in [1.165, 1.54) is 6.92 Å². The van der Waals surface area contributed by atoms with E-state index < -0.39 is 38.8 Å². The second-order valence-electron chi connectivity index (χ2n) is 3.95. The first-order valence-corrected chi connectivity index (χ1v) is 6.68. The standard InChI is InChI=1S/C8H16NO8P/c1-4(10)9-5-2-16-6(8(12)7(5)11)3-17-18(13,14)15/h5-8,11-12H,2-3H2,1H3,(H,9,10)(H2,13,14,15)/t5-,6+,7+,8+/m0/s1. The topological polar surface area (TPSA) is 146 Å². The van der Waals surface area contributed by atoms with Crippen molar-refractivity contribution in [2.24, 2.45) is 0 Å². The molecule has 0 spiro atoms. The maximum atomic E-state index is 10.8. The van der Waals surface area contributed by atoms with Crippen molar-refractivity contribution in [3.05, 3.63) is 0 Å². The summed E-state index contributed by atoms with van der Waals surface area (Å²) >= 11 is 0. The number of ether oxygens (including phenoxy) is 1. The normalized spacial score (nSPS) is 33.2. The van der Waals surface area contributed by atoms with Gasteiger partial charge in [-0.25, -0.2) is 4.57 Å². The van der Waals surface area contributed by atoms with Crippen LogP contribution in [0.5, 0.6) is 0 Å². The highest BCUT2D eigenvalue weighted by atomic mass is 31.2. The molecule has 0 aromatic heterocycles. The Morgan fingerprint density at radius 2 is 2.06 bits per heavy atom. The number of carbonyl (C=O) groups is 1. The zero-order valence-electron chi connectivity index (χ0n) is 9.59. The lowest BCUT2D eigenvalue weighted by Gasteiger charge is -2.37. The minimum absolute atomic E-state index is 0.0903. The number of aliphatic hydroxyl groups is 2. The smallest absolute Gasteiger partial charge is 0.388 e. The van der Waals surface area contributed by atoms with E-state index >= 15 is 0 Å². The first-order chi connectivity index (χ1) is 8.20. The number of amides is 1. The van der Waals surface area contributed by atoms with Gasteiger partial charge in [0.25, 0.3) is 0 Å². The molecule has 0 aromatic rings. The first-order valence-electron chi connectivity index (χ1n) is 5.15. The minimum Gasteiger partial charge on any atom is -0.388 e. The van der Waals surface area contributed by atoms with Gasteiger partial charge in [0.05, 0.1) is 19.3 Å². The van der Waals surface area contributed by atoms with Crippen LogP contribution in [0.4, 0.5) is 0 Å². The number of carbonyl (C=O) groups excluding carboxylic acids is 1. The van der Waals surface area contributed by atoms with E-state index in [0.29, 0.717) is 0 Å². The fourth-order valence-corrected chi connectivity index (χ4v) is 1.93. The number of hydrogen-bond donors (Lipinski definition) is 5. The number of rotatable bonds is 4. The number of nitrogens with one attached hydrogen (secondary N) is 1. The maximum Gasteiger partial charge on any atom is 0.469 e.